The lowest BCUT2D eigenvalue weighted by Gasteiger charge is -2.21. The molecule has 0 aliphatic heterocycles. The standard InChI is InChI=1S/C17H18F2IN/c1-3-21-16(13-6-4-5-11(2)17(13)20)10-12-7-8-14(18)15(19)9-12/h4-9,16,21H,3,10H2,1-2H3. The average Bonchev–Trinajstić information content (AvgIpc) is 2.45. The monoisotopic (exact) mass is 401 g/mol. The summed E-state index contributed by atoms with van der Waals surface area (Å²) in [4.78, 5) is 0. The molecular weight excluding hydrogens is 383 g/mol. The van der Waals surface area contributed by atoms with Gasteiger partial charge in [-0.25, -0.2) is 8.78 Å². The second-order valence-corrected chi connectivity index (χ2v) is 6.12. The molecule has 0 amide bonds. The van der Waals surface area contributed by atoms with E-state index in [4.69, 9.17) is 0 Å². The van der Waals surface area contributed by atoms with Crippen molar-refractivity contribution in [1.29, 1.82) is 0 Å². The van der Waals surface area contributed by atoms with E-state index >= 15 is 0 Å². The van der Waals surface area contributed by atoms with E-state index < -0.39 is 11.6 Å². The quantitative estimate of drug-likeness (QED) is 0.712. The molecule has 0 heterocycles. The van der Waals surface area contributed by atoms with Gasteiger partial charge in [0.05, 0.1) is 0 Å². The highest BCUT2D eigenvalue weighted by Gasteiger charge is 2.16. The highest BCUT2D eigenvalue weighted by molar-refractivity contribution is 14.1. The van der Waals surface area contributed by atoms with Crippen molar-refractivity contribution in [1.82, 2.24) is 5.32 Å². The molecule has 0 aromatic heterocycles. The number of halogens is 3. The first-order chi connectivity index (χ1) is 10.0. The molecule has 0 spiro atoms. The Bertz CT molecular complexity index is 628. The molecule has 0 saturated carbocycles. The zero-order valence-corrected chi connectivity index (χ0v) is 14.2. The molecule has 0 radical (unpaired) electrons. The Hall–Kier alpha value is -1.01. The normalized spacial score (nSPS) is 12.4. The van der Waals surface area contributed by atoms with Gasteiger partial charge < -0.3 is 5.32 Å². The van der Waals surface area contributed by atoms with Crippen LogP contribution in [0.5, 0.6) is 0 Å². The zero-order valence-electron chi connectivity index (χ0n) is 12.1. The Balaban J connectivity index is 2.30. The summed E-state index contributed by atoms with van der Waals surface area (Å²) in [5.74, 6) is -1.59. The lowest BCUT2D eigenvalue weighted by Crippen LogP contribution is -2.24. The third-order valence-electron chi connectivity index (χ3n) is 3.47. The van der Waals surface area contributed by atoms with Crippen LogP contribution < -0.4 is 5.32 Å². The van der Waals surface area contributed by atoms with Gasteiger partial charge in [-0.2, -0.15) is 0 Å². The highest BCUT2D eigenvalue weighted by atomic mass is 127. The van der Waals surface area contributed by atoms with Crippen LogP contribution >= 0.6 is 22.6 Å². The molecule has 0 aliphatic rings. The molecule has 112 valence electrons. The summed E-state index contributed by atoms with van der Waals surface area (Å²) in [6, 6.07) is 10.4. The minimum Gasteiger partial charge on any atom is -0.310 e. The largest absolute Gasteiger partial charge is 0.310 e. The van der Waals surface area contributed by atoms with Crippen LogP contribution in [0.1, 0.15) is 29.7 Å². The lowest BCUT2D eigenvalue weighted by molar-refractivity contribution is 0.502. The zero-order chi connectivity index (χ0) is 15.4. The van der Waals surface area contributed by atoms with E-state index in [9.17, 15) is 8.78 Å². The molecule has 21 heavy (non-hydrogen) atoms. The number of rotatable bonds is 5. The van der Waals surface area contributed by atoms with Crippen molar-refractivity contribution >= 4 is 22.6 Å². The van der Waals surface area contributed by atoms with Crippen LogP contribution in [0.15, 0.2) is 36.4 Å². The highest BCUT2D eigenvalue weighted by Crippen LogP contribution is 2.26. The van der Waals surface area contributed by atoms with Crippen molar-refractivity contribution < 1.29 is 8.78 Å². The fourth-order valence-electron chi connectivity index (χ4n) is 2.38. The summed E-state index contributed by atoms with van der Waals surface area (Å²) < 4.78 is 27.6. The molecule has 1 nitrogen and oxygen atoms in total. The SMILES string of the molecule is CCNC(Cc1ccc(F)c(F)c1)c1cccc(C)c1I. The maximum absolute atomic E-state index is 13.4. The van der Waals surface area contributed by atoms with E-state index in [0.29, 0.717) is 6.42 Å². The van der Waals surface area contributed by atoms with Crippen molar-refractivity contribution in [2.45, 2.75) is 26.3 Å². The Labute approximate surface area is 137 Å². The van der Waals surface area contributed by atoms with Crippen molar-refractivity contribution in [2.75, 3.05) is 6.54 Å². The third-order valence-corrected chi connectivity index (χ3v) is 4.95. The summed E-state index contributed by atoms with van der Waals surface area (Å²) in [7, 11) is 0. The molecule has 2 rings (SSSR count). The summed E-state index contributed by atoms with van der Waals surface area (Å²) in [5.41, 5.74) is 3.21. The fourth-order valence-corrected chi connectivity index (χ4v) is 3.12. The lowest BCUT2D eigenvalue weighted by atomic mass is 9.97. The van der Waals surface area contributed by atoms with Crippen LogP contribution in [0.2, 0.25) is 0 Å². The predicted octanol–water partition coefficient (Wildman–Crippen LogP) is 4.77. The van der Waals surface area contributed by atoms with Gasteiger partial charge in [-0.3, -0.25) is 0 Å². The van der Waals surface area contributed by atoms with E-state index in [2.05, 4.69) is 47.0 Å². The minimum absolute atomic E-state index is 0.0895. The van der Waals surface area contributed by atoms with Crippen molar-refractivity contribution in [3.63, 3.8) is 0 Å². The molecule has 1 atom stereocenters. The van der Waals surface area contributed by atoms with E-state index in [0.717, 1.165) is 12.1 Å². The van der Waals surface area contributed by atoms with Gasteiger partial charge in [-0.15, -0.1) is 0 Å². The summed E-state index contributed by atoms with van der Waals surface area (Å²) in [6.07, 6.45) is 0.629. The molecule has 0 aliphatic carbocycles. The van der Waals surface area contributed by atoms with Gasteiger partial charge in [-0.1, -0.05) is 31.2 Å². The number of hydrogen-bond donors (Lipinski definition) is 1. The minimum atomic E-state index is -0.802. The van der Waals surface area contributed by atoms with Crippen LogP contribution in [0.3, 0.4) is 0 Å². The van der Waals surface area contributed by atoms with E-state index in [1.54, 1.807) is 6.07 Å². The number of hydrogen-bond acceptors (Lipinski definition) is 1. The van der Waals surface area contributed by atoms with Crippen molar-refractivity contribution in [3.05, 3.63) is 68.3 Å². The third kappa shape index (κ3) is 4.01. The molecular formula is C17H18F2IN. The van der Waals surface area contributed by atoms with Gasteiger partial charge in [0.25, 0.3) is 0 Å². The van der Waals surface area contributed by atoms with Crippen LogP contribution in [0, 0.1) is 22.1 Å². The van der Waals surface area contributed by atoms with E-state index in [1.165, 1.54) is 26.8 Å². The van der Waals surface area contributed by atoms with Gasteiger partial charge in [0, 0.05) is 9.61 Å². The first-order valence-electron chi connectivity index (χ1n) is 6.95. The smallest absolute Gasteiger partial charge is 0.159 e. The maximum Gasteiger partial charge on any atom is 0.159 e. The van der Waals surface area contributed by atoms with Gasteiger partial charge in [0.2, 0.25) is 0 Å². The van der Waals surface area contributed by atoms with Gasteiger partial charge >= 0.3 is 0 Å². The summed E-state index contributed by atoms with van der Waals surface area (Å²) in [6.45, 7) is 4.94. The molecule has 0 fully saturated rings. The number of aryl methyl sites for hydroxylation is 1. The second-order valence-electron chi connectivity index (χ2n) is 5.04. The van der Waals surface area contributed by atoms with E-state index in [-0.39, 0.29) is 6.04 Å². The first-order valence-corrected chi connectivity index (χ1v) is 8.03. The van der Waals surface area contributed by atoms with Crippen LogP contribution in [-0.2, 0) is 6.42 Å². The molecule has 0 saturated heterocycles. The van der Waals surface area contributed by atoms with Gasteiger partial charge in [0.1, 0.15) is 0 Å². The maximum atomic E-state index is 13.4. The fraction of sp³-hybridized carbons (Fsp3) is 0.294. The Morgan fingerprint density at radius 3 is 2.57 bits per heavy atom. The topological polar surface area (TPSA) is 12.0 Å². The molecule has 4 heteroatoms. The van der Waals surface area contributed by atoms with Gasteiger partial charge in [-0.05, 0) is 71.3 Å². The predicted molar refractivity (Wildman–Crippen MR) is 90.4 cm³/mol. The van der Waals surface area contributed by atoms with Gasteiger partial charge in [0.15, 0.2) is 11.6 Å². The van der Waals surface area contributed by atoms with Crippen LogP contribution in [0.4, 0.5) is 8.78 Å². The second kappa shape index (κ2) is 7.31. The molecule has 2 aromatic carbocycles. The van der Waals surface area contributed by atoms with Crippen molar-refractivity contribution in [2.24, 2.45) is 0 Å². The average molecular weight is 401 g/mol. The first kappa shape index (κ1) is 16.4. The summed E-state index contributed by atoms with van der Waals surface area (Å²) >= 11 is 2.34. The number of benzene rings is 2. The molecule has 1 unspecified atom stereocenters. The van der Waals surface area contributed by atoms with Crippen molar-refractivity contribution in [3.8, 4) is 0 Å². The Kier molecular flexibility index (Phi) is 5.70. The van der Waals surface area contributed by atoms with Crippen LogP contribution in [0.25, 0.3) is 0 Å². The molecule has 2 aromatic rings. The van der Waals surface area contributed by atoms with Crippen LogP contribution in [-0.4, -0.2) is 6.54 Å². The summed E-state index contributed by atoms with van der Waals surface area (Å²) in [5, 5.41) is 3.43. The Morgan fingerprint density at radius 1 is 1.14 bits per heavy atom. The van der Waals surface area contributed by atoms with E-state index in [1.807, 2.05) is 13.0 Å². The number of nitrogens with one attached hydrogen (secondary N) is 1. The number of likely N-dealkylation sites (N-methyl/N-ethyl adjacent to an activating group) is 1. The Morgan fingerprint density at radius 2 is 1.90 bits per heavy atom. The molecule has 0 bridgehead atoms. The molecule has 1 N–H and O–H groups in total.